The predicted octanol–water partition coefficient (Wildman–Crippen LogP) is 9.23. The van der Waals surface area contributed by atoms with Gasteiger partial charge in [0, 0.05) is 0 Å². The Balaban J connectivity index is 2.70. The molecule has 0 amide bonds. The number of rotatable bonds is 23. The molecule has 0 bridgehead atoms. The Bertz CT molecular complexity index is 460. The number of hydrogen-bond acceptors (Lipinski definition) is 0. The van der Waals surface area contributed by atoms with Crippen LogP contribution in [-0.4, -0.2) is 27.7 Å². The molecule has 0 aliphatic carbocycles. The molecule has 1 aromatic carbocycles. The molecule has 2 heteroatoms. The maximum atomic E-state index is 2.48. The molecule has 0 saturated heterocycles. The minimum atomic E-state index is -1.10. The van der Waals surface area contributed by atoms with Gasteiger partial charge in [-0.15, -0.1) is 0 Å². The molecule has 0 nitrogen and oxygen atoms in total. The van der Waals surface area contributed by atoms with Crippen LogP contribution in [0, 0.1) is 0 Å². The Labute approximate surface area is 206 Å². The second-order valence-electron chi connectivity index (χ2n) is 10.7. The zero-order valence-corrected chi connectivity index (χ0v) is 24.9. The average molecular weight is 479 g/mol. The van der Waals surface area contributed by atoms with Crippen molar-refractivity contribution >= 4 is 21.2 Å². The van der Waals surface area contributed by atoms with E-state index < -0.39 is 6.81 Å². The zero-order chi connectivity index (χ0) is 23.2. The second-order valence-corrected chi connectivity index (χ2v) is 21.9. The number of unbranched alkanes of at least 4 members (excludes halogenated alkanes) is 15. The van der Waals surface area contributed by atoms with E-state index in [1.807, 2.05) is 0 Å². The number of hydrogen-bond donors (Lipinski definition) is 0. The molecule has 1 aromatic rings. The summed E-state index contributed by atoms with van der Waals surface area (Å²) >= 11 is 0. The van der Waals surface area contributed by atoms with Crippen LogP contribution in [-0.2, 0) is 0 Å². The fourth-order valence-electron chi connectivity index (χ4n) is 5.51. The molecular formula is C30H59PSi. The Kier molecular flexibility index (Phi) is 20.0. The fraction of sp³-hybridized carbons (Fsp3) is 0.800. The van der Waals surface area contributed by atoms with Crippen molar-refractivity contribution in [3.05, 3.63) is 30.3 Å². The summed E-state index contributed by atoms with van der Waals surface area (Å²) in [5, 5.41) is 1.78. The van der Waals surface area contributed by atoms with Crippen molar-refractivity contribution in [3.63, 3.8) is 0 Å². The van der Waals surface area contributed by atoms with Crippen molar-refractivity contribution in [3.8, 4) is 0 Å². The summed E-state index contributed by atoms with van der Waals surface area (Å²) in [6, 6.07) is 11.8. The van der Waals surface area contributed by atoms with Crippen LogP contribution in [0.3, 0.4) is 0 Å². The molecule has 0 heterocycles. The first-order chi connectivity index (χ1) is 15.8. The van der Waals surface area contributed by atoms with Crippen LogP contribution in [0.2, 0.25) is 0 Å². The molecule has 0 unspecified atom stereocenters. The van der Waals surface area contributed by atoms with Crippen molar-refractivity contribution in [2.75, 3.05) is 18.5 Å². The third-order valence-corrected chi connectivity index (χ3v) is 20.1. The van der Waals surface area contributed by atoms with Crippen molar-refractivity contribution in [2.24, 2.45) is 0 Å². The molecule has 1 rings (SSSR count). The summed E-state index contributed by atoms with van der Waals surface area (Å²) < 4.78 is 0. The van der Waals surface area contributed by atoms with E-state index >= 15 is 0 Å². The van der Waals surface area contributed by atoms with Crippen LogP contribution >= 0.6 is 6.81 Å². The van der Waals surface area contributed by atoms with Crippen LogP contribution < -0.4 is 5.19 Å². The van der Waals surface area contributed by atoms with Gasteiger partial charge in [0.25, 0.3) is 0 Å². The van der Waals surface area contributed by atoms with Crippen molar-refractivity contribution in [1.29, 1.82) is 0 Å². The van der Waals surface area contributed by atoms with E-state index in [2.05, 4.69) is 51.1 Å². The predicted molar refractivity (Wildman–Crippen MR) is 158 cm³/mol. The van der Waals surface area contributed by atoms with E-state index in [9.17, 15) is 0 Å². The van der Waals surface area contributed by atoms with Gasteiger partial charge >= 0.3 is 206 Å². The molecule has 188 valence electrons. The summed E-state index contributed by atoms with van der Waals surface area (Å²) in [5.74, 6) is 0. The van der Waals surface area contributed by atoms with Crippen LogP contribution in [0.25, 0.3) is 0 Å². The average Bonchev–Trinajstić information content (AvgIpc) is 2.81. The van der Waals surface area contributed by atoms with Gasteiger partial charge in [0.05, 0.1) is 0 Å². The van der Waals surface area contributed by atoms with E-state index in [-0.39, 0.29) is 9.19 Å². The number of benzene rings is 1. The monoisotopic (exact) mass is 478 g/mol. The Morgan fingerprint density at radius 2 is 0.812 bits per heavy atom. The first-order valence-electron chi connectivity index (χ1n) is 14.8. The molecule has 0 aromatic heterocycles. The zero-order valence-electron chi connectivity index (χ0n) is 22.4. The first-order valence-corrected chi connectivity index (χ1v) is 20.5. The fourth-order valence-corrected chi connectivity index (χ4v) is 18.3. The van der Waals surface area contributed by atoms with Gasteiger partial charge in [-0.2, -0.15) is 0 Å². The van der Waals surface area contributed by atoms with Crippen LogP contribution in [0.4, 0.5) is 0 Å². The van der Waals surface area contributed by atoms with Crippen molar-refractivity contribution in [1.82, 2.24) is 0 Å². The van der Waals surface area contributed by atoms with Gasteiger partial charge in [-0.1, -0.05) is 0 Å². The molecule has 0 fully saturated rings. The van der Waals surface area contributed by atoms with Gasteiger partial charge in [-0.25, -0.2) is 0 Å². The van der Waals surface area contributed by atoms with Gasteiger partial charge in [-0.3, -0.25) is 0 Å². The van der Waals surface area contributed by atoms with Crippen LogP contribution in [0.1, 0.15) is 136 Å². The van der Waals surface area contributed by atoms with E-state index in [1.165, 1.54) is 96.3 Å². The van der Waals surface area contributed by atoms with Gasteiger partial charge in [-0.05, 0) is 0 Å². The SMILES string of the molecule is CCCCCCCC[PH](CCCCCCCC)(CCCCCCCC)[SiH2]c1ccccc1. The first kappa shape index (κ1) is 29.9. The normalized spacial score (nSPS) is 12.7. The van der Waals surface area contributed by atoms with Gasteiger partial charge in [0.1, 0.15) is 0 Å². The van der Waals surface area contributed by atoms with Crippen LogP contribution in [0.5, 0.6) is 0 Å². The Morgan fingerprint density at radius 1 is 0.469 bits per heavy atom. The molecule has 0 aliphatic heterocycles. The molecule has 0 radical (unpaired) electrons. The molecule has 32 heavy (non-hydrogen) atoms. The van der Waals surface area contributed by atoms with E-state index in [0.717, 1.165) is 0 Å². The van der Waals surface area contributed by atoms with Crippen LogP contribution in [0.15, 0.2) is 30.3 Å². The topological polar surface area (TPSA) is 0 Å². The molecule has 0 saturated carbocycles. The quantitative estimate of drug-likeness (QED) is 0.0835. The summed E-state index contributed by atoms with van der Waals surface area (Å²) in [5.41, 5.74) is 0. The van der Waals surface area contributed by atoms with E-state index in [1.54, 1.807) is 42.9 Å². The summed E-state index contributed by atoms with van der Waals surface area (Å²) in [4.78, 5) is 0. The minimum absolute atomic E-state index is 0.0970. The summed E-state index contributed by atoms with van der Waals surface area (Å²) in [7, 11) is -0.0970. The molecule has 0 aliphatic rings. The van der Waals surface area contributed by atoms with Gasteiger partial charge in [0.15, 0.2) is 0 Å². The van der Waals surface area contributed by atoms with E-state index in [0.29, 0.717) is 0 Å². The molecule has 0 atom stereocenters. The molecule has 0 spiro atoms. The Morgan fingerprint density at radius 3 is 1.19 bits per heavy atom. The third kappa shape index (κ3) is 15.7. The third-order valence-electron chi connectivity index (χ3n) is 7.60. The van der Waals surface area contributed by atoms with Gasteiger partial charge in [0.2, 0.25) is 0 Å². The van der Waals surface area contributed by atoms with Gasteiger partial charge < -0.3 is 0 Å². The maximum absolute atomic E-state index is 2.48. The summed E-state index contributed by atoms with van der Waals surface area (Å²) in [6.07, 6.45) is 31.4. The Hall–Kier alpha value is -0.133. The van der Waals surface area contributed by atoms with Crippen molar-refractivity contribution < 1.29 is 0 Å². The summed E-state index contributed by atoms with van der Waals surface area (Å²) in [6.45, 7) is 5.91. The van der Waals surface area contributed by atoms with Crippen molar-refractivity contribution in [2.45, 2.75) is 136 Å². The molecule has 0 N–H and O–H groups in total. The standard InChI is InChI=1S/C30H59PSi/c1-4-7-10-13-16-22-27-31(28-23-17-14-11-8-5-2,29-24-18-15-12-9-6-3)32-30-25-20-19-21-26-30/h19-21,25-26,31H,4-18,22-24,27-29,32H2,1-3H3. The molecular weight excluding hydrogens is 419 g/mol. The van der Waals surface area contributed by atoms with E-state index in [4.69, 9.17) is 0 Å². The second kappa shape index (κ2) is 21.4.